The average molecular weight is 571 g/mol. The quantitative estimate of drug-likeness (QED) is 0.460. The number of benzene rings is 2. The first-order valence-electron chi connectivity index (χ1n) is 14.8. The maximum atomic E-state index is 13.6. The smallest absolute Gasteiger partial charge is 0.255 e. The number of piperidine rings is 2. The monoisotopic (exact) mass is 570 g/mol. The molecule has 2 amide bonds. The zero-order valence-corrected chi connectivity index (χ0v) is 24.5. The zero-order chi connectivity index (χ0) is 29.4. The summed E-state index contributed by atoms with van der Waals surface area (Å²) in [6, 6.07) is 16.4. The minimum absolute atomic E-state index is 0.0175. The van der Waals surface area contributed by atoms with E-state index in [0.29, 0.717) is 47.3 Å². The Morgan fingerprint density at radius 3 is 2.43 bits per heavy atom. The third kappa shape index (κ3) is 5.35. The highest BCUT2D eigenvalue weighted by Gasteiger charge is 2.35. The van der Waals surface area contributed by atoms with Crippen LogP contribution >= 0.6 is 0 Å². The lowest BCUT2D eigenvalue weighted by molar-refractivity contribution is 0.0635. The second kappa shape index (κ2) is 11.5. The van der Waals surface area contributed by atoms with Gasteiger partial charge >= 0.3 is 0 Å². The molecule has 0 saturated carbocycles. The first-order chi connectivity index (χ1) is 20.3. The second-order valence-electron chi connectivity index (χ2n) is 11.7. The first-order valence-corrected chi connectivity index (χ1v) is 14.8. The SMILES string of the molecule is COc1cc(OC)cc(C(=O)Nc2cc(C(=O)N3CCCC[C@@H]3C)ccc2N2C[C@H]3C[C@@H](C2)c2cccc(=O)n2C3)c1. The van der Waals surface area contributed by atoms with Gasteiger partial charge in [-0.1, -0.05) is 6.07 Å². The highest BCUT2D eigenvalue weighted by molar-refractivity contribution is 6.07. The lowest BCUT2D eigenvalue weighted by atomic mass is 9.83. The Balaban J connectivity index is 1.35. The fourth-order valence-corrected chi connectivity index (χ4v) is 6.84. The molecular weight excluding hydrogens is 532 g/mol. The fourth-order valence-electron chi connectivity index (χ4n) is 6.84. The van der Waals surface area contributed by atoms with Crippen LogP contribution < -0.4 is 25.2 Å². The van der Waals surface area contributed by atoms with Crippen molar-refractivity contribution in [3.05, 3.63) is 81.8 Å². The van der Waals surface area contributed by atoms with Gasteiger partial charge in [-0.15, -0.1) is 0 Å². The summed E-state index contributed by atoms with van der Waals surface area (Å²) in [4.78, 5) is 44.1. The summed E-state index contributed by atoms with van der Waals surface area (Å²) < 4.78 is 12.7. The van der Waals surface area contributed by atoms with Crippen molar-refractivity contribution in [2.75, 3.05) is 44.1 Å². The van der Waals surface area contributed by atoms with Crippen LogP contribution in [0.5, 0.6) is 11.5 Å². The van der Waals surface area contributed by atoms with Crippen molar-refractivity contribution >= 4 is 23.2 Å². The summed E-state index contributed by atoms with van der Waals surface area (Å²) >= 11 is 0. The number of pyridine rings is 1. The Morgan fingerprint density at radius 1 is 0.905 bits per heavy atom. The molecule has 4 heterocycles. The molecule has 1 aromatic heterocycles. The summed E-state index contributed by atoms with van der Waals surface area (Å²) in [5.41, 5.74) is 3.50. The molecule has 42 heavy (non-hydrogen) atoms. The third-order valence-electron chi connectivity index (χ3n) is 8.99. The van der Waals surface area contributed by atoms with Crippen molar-refractivity contribution in [1.82, 2.24) is 9.47 Å². The normalized spacial score (nSPS) is 21.4. The second-order valence-corrected chi connectivity index (χ2v) is 11.7. The molecule has 9 heteroatoms. The van der Waals surface area contributed by atoms with Crippen LogP contribution in [-0.2, 0) is 6.54 Å². The van der Waals surface area contributed by atoms with Crippen LogP contribution in [0.3, 0.4) is 0 Å². The van der Waals surface area contributed by atoms with Crippen molar-refractivity contribution in [3.8, 4) is 11.5 Å². The number of amides is 2. The number of nitrogens with zero attached hydrogens (tertiary/aromatic N) is 3. The predicted molar refractivity (Wildman–Crippen MR) is 162 cm³/mol. The van der Waals surface area contributed by atoms with E-state index in [0.717, 1.165) is 50.2 Å². The largest absolute Gasteiger partial charge is 0.497 e. The van der Waals surface area contributed by atoms with Gasteiger partial charge in [0.1, 0.15) is 11.5 Å². The third-order valence-corrected chi connectivity index (χ3v) is 8.99. The van der Waals surface area contributed by atoms with Crippen molar-refractivity contribution in [2.45, 2.75) is 51.1 Å². The molecule has 2 fully saturated rings. The maximum absolute atomic E-state index is 13.6. The summed E-state index contributed by atoms with van der Waals surface area (Å²) in [6.45, 7) is 4.98. The highest BCUT2D eigenvalue weighted by Crippen LogP contribution is 2.40. The van der Waals surface area contributed by atoms with Gasteiger partial charge in [-0.3, -0.25) is 14.4 Å². The molecule has 9 nitrogen and oxygen atoms in total. The predicted octanol–water partition coefficient (Wildman–Crippen LogP) is 4.76. The molecule has 0 spiro atoms. The molecular formula is C33H38N4O5. The number of fused-ring (bicyclic) bond motifs is 4. The lowest BCUT2D eigenvalue weighted by Gasteiger charge is -2.44. The van der Waals surface area contributed by atoms with Gasteiger partial charge in [0.25, 0.3) is 17.4 Å². The van der Waals surface area contributed by atoms with Gasteiger partial charge in [0, 0.05) is 67.1 Å². The Hall–Kier alpha value is -4.27. The van der Waals surface area contributed by atoms with E-state index in [2.05, 4.69) is 17.1 Å². The molecule has 0 radical (unpaired) electrons. The number of aromatic nitrogens is 1. The molecule has 0 aliphatic carbocycles. The highest BCUT2D eigenvalue weighted by atomic mass is 16.5. The molecule has 3 aliphatic heterocycles. The number of rotatable bonds is 6. The summed E-state index contributed by atoms with van der Waals surface area (Å²) in [7, 11) is 3.09. The van der Waals surface area contributed by atoms with E-state index in [1.165, 1.54) is 0 Å². The Morgan fingerprint density at radius 2 is 1.69 bits per heavy atom. The number of methoxy groups -OCH3 is 2. The van der Waals surface area contributed by atoms with Crippen molar-refractivity contribution in [1.29, 1.82) is 0 Å². The van der Waals surface area contributed by atoms with Gasteiger partial charge in [-0.2, -0.15) is 0 Å². The van der Waals surface area contributed by atoms with E-state index >= 15 is 0 Å². The van der Waals surface area contributed by atoms with E-state index in [-0.39, 0.29) is 29.3 Å². The minimum atomic E-state index is -0.321. The number of carbonyl (C=O) groups is 2. The van der Waals surface area contributed by atoms with Crippen molar-refractivity contribution in [2.24, 2.45) is 5.92 Å². The molecule has 2 aromatic carbocycles. The molecule has 6 rings (SSSR count). The van der Waals surface area contributed by atoms with E-state index in [4.69, 9.17) is 9.47 Å². The molecule has 3 atom stereocenters. The van der Waals surface area contributed by atoms with E-state index in [1.54, 1.807) is 38.5 Å². The van der Waals surface area contributed by atoms with Gasteiger partial charge in [-0.25, -0.2) is 0 Å². The van der Waals surface area contributed by atoms with Crippen LogP contribution in [0.1, 0.15) is 64.9 Å². The molecule has 3 aliphatic rings. The van der Waals surface area contributed by atoms with Gasteiger partial charge < -0.3 is 29.2 Å². The molecule has 3 aromatic rings. The Kier molecular flexibility index (Phi) is 7.66. The van der Waals surface area contributed by atoms with Gasteiger partial charge in [0.2, 0.25) is 0 Å². The fraction of sp³-hybridized carbons (Fsp3) is 0.424. The molecule has 2 saturated heterocycles. The van der Waals surface area contributed by atoms with E-state index in [1.807, 2.05) is 39.8 Å². The summed E-state index contributed by atoms with van der Waals surface area (Å²) in [5.74, 6) is 1.20. The van der Waals surface area contributed by atoms with E-state index < -0.39 is 0 Å². The average Bonchev–Trinajstić information content (AvgIpc) is 3.01. The number of anilines is 2. The van der Waals surface area contributed by atoms with Crippen molar-refractivity contribution in [3.63, 3.8) is 0 Å². The van der Waals surface area contributed by atoms with Crippen LogP contribution in [0.4, 0.5) is 11.4 Å². The van der Waals surface area contributed by atoms with Crippen LogP contribution in [-0.4, -0.2) is 61.2 Å². The van der Waals surface area contributed by atoms with Gasteiger partial charge in [0.15, 0.2) is 0 Å². The number of hydrogen-bond acceptors (Lipinski definition) is 6. The van der Waals surface area contributed by atoms with Crippen molar-refractivity contribution < 1.29 is 19.1 Å². The van der Waals surface area contributed by atoms with Crippen LogP contribution in [0.15, 0.2) is 59.4 Å². The van der Waals surface area contributed by atoms with Gasteiger partial charge in [0.05, 0.1) is 25.6 Å². The summed E-state index contributed by atoms with van der Waals surface area (Å²) in [6.07, 6.45) is 4.14. The van der Waals surface area contributed by atoms with Crippen LogP contribution in [0.2, 0.25) is 0 Å². The summed E-state index contributed by atoms with van der Waals surface area (Å²) in [5, 5.41) is 3.11. The molecule has 220 valence electrons. The molecule has 0 unspecified atom stereocenters. The molecule has 1 N–H and O–H groups in total. The number of likely N-dealkylation sites (tertiary alicyclic amines) is 1. The van der Waals surface area contributed by atoms with Crippen LogP contribution in [0.25, 0.3) is 0 Å². The molecule has 2 bridgehead atoms. The standard InChI is InChI=1S/C33H38N4O5/c1-21-7-4-5-12-36(21)33(40)23-10-11-30(28(16-23)34-32(39)24-14-26(41-2)17-27(15-24)42-3)35-18-22-13-25(20-35)29-8-6-9-31(38)37(29)19-22/h6,8-11,14-17,21-22,25H,4-5,7,12-13,18-20H2,1-3H3,(H,34,39)/t21-,22+,25-/m0/s1. The first kappa shape index (κ1) is 27.9. The number of ether oxygens (including phenoxy) is 2. The van der Waals surface area contributed by atoms with Crippen LogP contribution in [0, 0.1) is 5.92 Å². The van der Waals surface area contributed by atoms with E-state index in [9.17, 15) is 14.4 Å². The maximum Gasteiger partial charge on any atom is 0.255 e. The zero-order valence-electron chi connectivity index (χ0n) is 24.5. The number of hydrogen-bond donors (Lipinski definition) is 1. The lowest BCUT2D eigenvalue weighted by Crippen LogP contribution is -2.47. The number of carbonyl (C=O) groups excluding carboxylic acids is 2. The van der Waals surface area contributed by atoms with Gasteiger partial charge in [-0.05, 0) is 74.9 Å². The number of nitrogens with one attached hydrogen (secondary N) is 1. The minimum Gasteiger partial charge on any atom is -0.497 e. The Labute approximate surface area is 246 Å². The topological polar surface area (TPSA) is 93.1 Å². The Bertz CT molecular complexity index is 1540.